The monoisotopic (exact) mass is 274 g/mol. The molecule has 0 spiro atoms. The molecule has 1 unspecified atom stereocenters. The minimum absolute atomic E-state index is 0.380. The van der Waals surface area contributed by atoms with Gasteiger partial charge in [-0.25, -0.2) is 0 Å². The van der Waals surface area contributed by atoms with Crippen molar-refractivity contribution in [1.29, 1.82) is 0 Å². The minimum atomic E-state index is 0.380. The molecule has 1 rings (SSSR count). The van der Waals surface area contributed by atoms with Crippen LogP contribution < -0.4 is 10.5 Å². The Hall–Kier alpha value is -1.50. The predicted octanol–water partition coefficient (Wildman–Crippen LogP) is 2.35. The predicted molar refractivity (Wildman–Crippen MR) is 84.8 cm³/mol. The van der Waals surface area contributed by atoms with Crippen LogP contribution in [0.4, 0.5) is 0 Å². The van der Waals surface area contributed by atoms with Gasteiger partial charge in [-0.15, -0.1) is 0 Å². The fraction of sp³-hybridized carbons (Fsp3) is 0.529. The summed E-state index contributed by atoms with van der Waals surface area (Å²) < 4.78 is 5.77. The third kappa shape index (κ3) is 6.60. The third-order valence-electron chi connectivity index (χ3n) is 3.23. The van der Waals surface area contributed by atoms with Crippen molar-refractivity contribution in [2.75, 3.05) is 33.3 Å². The van der Waals surface area contributed by atoms with Crippen LogP contribution in [0.3, 0.4) is 0 Å². The average Bonchev–Trinajstić information content (AvgIpc) is 2.45. The van der Waals surface area contributed by atoms with E-state index in [1.54, 1.807) is 0 Å². The number of rotatable bonds is 7. The SMILES string of the molecule is CCC(C)CN(C)CCOc1cccc(C#CCN)c1. The van der Waals surface area contributed by atoms with E-state index in [9.17, 15) is 0 Å². The Balaban J connectivity index is 2.38. The minimum Gasteiger partial charge on any atom is -0.492 e. The molecule has 110 valence electrons. The van der Waals surface area contributed by atoms with Gasteiger partial charge in [-0.05, 0) is 31.2 Å². The van der Waals surface area contributed by atoms with E-state index in [0.717, 1.165) is 30.3 Å². The highest BCUT2D eigenvalue weighted by Gasteiger charge is 2.04. The first kappa shape index (κ1) is 16.6. The number of likely N-dealkylation sites (N-methyl/N-ethyl adjacent to an activating group) is 1. The highest BCUT2D eigenvalue weighted by Crippen LogP contribution is 2.12. The fourth-order valence-electron chi connectivity index (χ4n) is 1.89. The number of nitrogens with zero attached hydrogens (tertiary/aromatic N) is 1. The van der Waals surface area contributed by atoms with Gasteiger partial charge < -0.3 is 15.4 Å². The van der Waals surface area contributed by atoms with Crippen LogP contribution in [0.2, 0.25) is 0 Å². The van der Waals surface area contributed by atoms with E-state index in [1.807, 2.05) is 24.3 Å². The number of benzene rings is 1. The van der Waals surface area contributed by atoms with E-state index in [0.29, 0.717) is 13.2 Å². The second-order valence-corrected chi connectivity index (χ2v) is 5.16. The molecule has 1 aromatic carbocycles. The molecule has 1 aromatic rings. The van der Waals surface area contributed by atoms with Gasteiger partial charge in [-0.1, -0.05) is 38.2 Å². The summed E-state index contributed by atoms with van der Waals surface area (Å²) >= 11 is 0. The molecular weight excluding hydrogens is 248 g/mol. The molecule has 0 aliphatic rings. The zero-order valence-corrected chi connectivity index (χ0v) is 12.9. The van der Waals surface area contributed by atoms with Gasteiger partial charge in [-0.3, -0.25) is 0 Å². The van der Waals surface area contributed by atoms with Gasteiger partial charge in [0.05, 0.1) is 6.54 Å². The molecule has 2 N–H and O–H groups in total. The van der Waals surface area contributed by atoms with Crippen LogP contribution >= 0.6 is 0 Å². The normalized spacial score (nSPS) is 11.8. The number of hydrogen-bond donors (Lipinski definition) is 1. The molecule has 0 aliphatic heterocycles. The van der Waals surface area contributed by atoms with Crippen LogP contribution in [0.5, 0.6) is 5.75 Å². The standard InChI is InChI=1S/C17H26N2O/c1-4-15(2)14-19(3)11-12-20-17-9-5-7-16(13-17)8-6-10-18/h5,7,9,13,15H,4,10-12,14,18H2,1-3H3. The third-order valence-corrected chi connectivity index (χ3v) is 3.23. The quantitative estimate of drug-likeness (QED) is 0.776. The molecule has 0 radical (unpaired) electrons. The van der Waals surface area contributed by atoms with Crippen molar-refractivity contribution >= 4 is 0 Å². The molecule has 1 atom stereocenters. The molecule has 3 nitrogen and oxygen atoms in total. The second kappa shape index (κ2) is 9.41. The molecule has 0 amide bonds. The van der Waals surface area contributed by atoms with Gasteiger partial charge in [0.2, 0.25) is 0 Å². The first-order valence-electron chi connectivity index (χ1n) is 7.26. The molecule has 0 aromatic heterocycles. The van der Waals surface area contributed by atoms with Gasteiger partial charge in [0.1, 0.15) is 12.4 Å². The lowest BCUT2D eigenvalue weighted by Crippen LogP contribution is -2.28. The largest absolute Gasteiger partial charge is 0.492 e. The summed E-state index contributed by atoms with van der Waals surface area (Å²) in [5.41, 5.74) is 6.31. The van der Waals surface area contributed by atoms with Crippen LogP contribution in [0, 0.1) is 17.8 Å². The Morgan fingerprint density at radius 3 is 2.90 bits per heavy atom. The van der Waals surface area contributed by atoms with Crippen molar-refractivity contribution in [2.45, 2.75) is 20.3 Å². The summed E-state index contributed by atoms with van der Waals surface area (Å²) in [6.07, 6.45) is 1.22. The molecule has 20 heavy (non-hydrogen) atoms. The molecule has 0 saturated heterocycles. The van der Waals surface area contributed by atoms with Gasteiger partial charge in [-0.2, -0.15) is 0 Å². The maximum atomic E-state index is 5.77. The fourth-order valence-corrected chi connectivity index (χ4v) is 1.89. The van der Waals surface area contributed by atoms with Crippen molar-refractivity contribution < 1.29 is 4.74 Å². The van der Waals surface area contributed by atoms with Gasteiger partial charge in [0.25, 0.3) is 0 Å². The molecule has 3 heteroatoms. The van der Waals surface area contributed by atoms with E-state index in [1.165, 1.54) is 6.42 Å². The summed E-state index contributed by atoms with van der Waals surface area (Å²) in [7, 11) is 2.14. The Kier molecular flexibility index (Phi) is 7.79. The first-order valence-corrected chi connectivity index (χ1v) is 7.26. The Labute approximate surface area is 123 Å². The van der Waals surface area contributed by atoms with Crippen LogP contribution in [0.1, 0.15) is 25.8 Å². The van der Waals surface area contributed by atoms with Gasteiger partial charge in [0.15, 0.2) is 0 Å². The second-order valence-electron chi connectivity index (χ2n) is 5.16. The van der Waals surface area contributed by atoms with E-state index >= 15 is 0 Å². The van der Waals surface area contributed by atoms with Crippen molar-refractivity contribution in [3.63, 3.8) is 0 Å². The van der Waals surface area contributed by atoms with Crippen LogP contribution in [0.25, 0.3) is 0 Å². The van der Waals surface area contributed by atoms with Gasteiger partial charge >= 0.3 is 0 Å². The van der Waals surface area contributed by atoms with Crippen molar-refractivity contribution in [3.05, 3.63) is 29.8 Å². The summed E-state index contributed by atoms with van der Waals surface area (Å²) in [5.74, 6) is 7.46. The molecule has 0 saturated carbocycles. The molecule has 0 fully saturated rings. The Morgan fingerprint density at radius 2 is 2.20 bits per heavy atom. The lowest BCUT2D eigenvalue weighted by atomic mass is 10.1. The lowest BCUT2D eigenvalue weighted by molar-refractivity contribution is 0.217. The Bertz CT molecular complexity index is 448. The van der Waals surface area contributed by atoms with E-state index in [-0.39, 0.29) is 0 Å². The van der Waals surface area contributed by atoms with Gasteiger partial charge in [0, 0.05) is 18.7 Å². The van der Waals surface area contributed by atoms with Crippen LogP contribution in [-0.2, 0) is 0 Å². The van der Waals surface area contributed by atoms with Crippen LogP contribution in [-0.4, -0.2) is 38.2 Å². The molecular formula is C17H26N2O. The molecule has 0 heterocycles. The van der Waals surface area contributed by atoms with E-state index in [4.69, 9.17) is 10.5 Å². The average molecular weight is 274 g/mol. The van der Waals surface area contributed by atoms with Crippen molar-refractivity contribution in [3.8, 4) is 17.6 Å². The summed E-state index contributed by atoms with van der Waals surface area (Å²) in [6.45, 7) is 7.62. The highest BCUT2D eigenvalue weighted by atomic mass is 16.5. The number of hydrogen-bond acceptors (Lipinski definition) is 3. The zero-order valence-electron chi connectivity index (χ0n) is 12.9. The first-order chi connectivity index (χ1) is 9.65. The molecule has 0 aliphatic carbocycles. The summed E-state index contributed by atoms with van der Waals surface area (Å²) in [5, 5.41) is 0. The number of nitrogens with two attached hydrogens (primary N) is 1. The lowest BCUT2D eigenvalue weighted by Gasteiger charge is -2.20. The van der Waals surface area contributed by atoms with Crippen molar-refractivity contribution in [2.24, 2.45) is 11.7 Å². The summed E-state index contributed by atoms with van der Waals surface area (Å²) in [6, 6.07) is 7.84. The van der Waals surface area contributed by atoms with E-state index < -0.39 is 0 Å². The Morgan fingerprint density at radius 1 is 1.40 bits per heavy atom. The zero-order chi connectivity index (χ0) is 14.8. The van der Waals surface area contributed by atoms with Crippen molar-refractivity contribution in [1.82, 2.24) is 4.90 Å². The van der Waals surface area contributed by atoms with E-state index in [2.05, 4.69) is 37.6 Å². The highest BCUT2D eigenvalue weighted by molar-refractivity contribution is 5.39. The maximum Gasteiger partial charge on any atom is 0.120 e. The number of ether oxygens (including phenoxy) is 1. The summed E-state index contributed by atoms with van der Waals surface area (Å²) in [4.78, 5) is 2.31. The maximum absolute atomic E-state index is 5.77. The smallest absolute Gasteiger partial charge is 0.120 e. The topological polar surface area (TPSA) is 38.5 Å². The van der Waals surface area contributed by atoms with Crippen LogP contribution in [0.15, 0.2) is 24.3 Å². The molecule has 0 bridgehead atoms.